The third kappa shape index (κ3) is 3.66. The van der Waals surface area contributed by atoms with Crippen LogP contribution in [0, 0.1) is 0 Å². The lowest BCUT2D eigenvalue weighted by Crippen LogP contribution is -2.38. The highest BCUT2D eigenvalue weighted by Gasteiger charge is 2.33. The van der Waals surface area contributed by atoms with E-state index in [1.54, 1.807) is 6.07 Å². The molecule has 152 valence electrons. The lowest BCUT2D eigenvalue weighted by Gasteiger charge is -2.36. The number of amides is 1. The summed E-state index contributed by atoms with van der Waals surface area (Å²) in [5.41, 5.74) is 12.6. The molecule has 3 aromatic carbocycles. The number of aryl methyl sites for hydroxylation is 1. The van der Waals surface area contributed by atoms with E-state index >= 15 is 0 Å². The molecule has 2 N–H and O–H groups in total. The Bertz CT molecular complexity index is 1060. The molecule has 0 spiro atoms. The van der Waals surface area contributed by atoms with Crippen LogP contribution in [-0.2, 0) is 12.8 Å². The van der Waals surface area contributed by atoms with Crippen LogP contribution < -0.4 is 5.73 Å². The monoisotopic (exact) mass is 396 g/mol. The summed E-state index contributed by atoms with van der Waals surface area (Å²) in [7, 11) is 0. The molecule has 5 rings (SSSR count). The summed E-state index contributed by atoms with van der Waals surface area (Å²) < 4.78 is 0. The van der Waals surface area contributed by atoms with E-state index in [0.29, 0.717) is 17.6 Å². The standard InChI is InChI=1S/C27H28N2O/c28-27(30)24-9-4-8-20(17-24)21-11-12-23-18-25(14-13-22(23)16-21)29-15-5-10-26(29)19-6-2-1-3-7-19/h1-4,6-9,11-12,16-17,25-26H,5,10,13-15,18H2,(H2,28,30). The van der Waals surface area contributed by atoms with E-state index in [-0.39, 0.29) is 5.91 Å². The Labute approximate surface area is 178 Å². The summed E-state index contributed by atoms with van der Waals surface area (Å²) in [6, 6.07) is 26.6. The van der Waals surface area contributed by atoms with Gasteiger partial charge in [0.1, 0.15) is 0 Å². The smallest absolute Gasteiger partial charge is 0.248 e. The third-order valence-corrected chi connectivity index (χ3v) is 6.84. The van der Waals surface area contributed by atoms with E-state index in [0.717, 1.165) is 18.4 Å². The molecule has 2 aliphatic rings. The van der Waals surface area contributed by atoms with Gasteiger partial charge in [0.05, 0.1) is 0 Å². The van der Waals surface area contributed by atoms with Crippen LogP contribution in [0.15, 0.2) is 72.8 Å². The molecule has 0 bridgehead atoms. The Morgan fingerprint density at radius 2 is 1.70 bits per heavy atom. The molecule has 1 aliphatic heterocycles. The number of hydrogen-bond acceptors (Lipinski definition) is 2. The number of carbonyl (C=O) groups excluding carboxylic acids is 1. The minimum atomic E-state index is -0.378. The minimum Gasteiger partial charge on any atom is -0.366 e. The number of hydrogen-bond donors (Lipinski definition) is 1. The van der Waals surface area contributed by atoms with Crippen molar-refractivity contribution in [1.29, 1.82) is 0 Å². The van der Waals surface area contributed by atoms with Crippen molar-refractivity contribution in [2.24, 2.45) is 5.73 Å². The number of fused-ring (bicyclic) bond motifs is 1. The minimum absolute atomic E-state index is 0.378. The number of primary amides is 1. The van der Waals surface area contributed by atoms with Crippen molar-refractivity contribution in [2.45, 2.75) is 44.2 Å². The number of likely N-dealkylation sites (tertiary alicyclic amines) is 1. The Morgan fingerprint density at radius 1 is 0.867 bits per heavy atom. The number of rotatable bonds is 4. The van der Waals surface area contributed by atoms with E-state index in [4.69, 9.17) is 5.73 Å². The number of nitrogens with zero attached hydrogens (tertiary/aromatic N) is 1. The Hall–Kier alpha value is -2.91. The van der Waals surface area contributed by atoms with Crippen molar-refractivity contribution in [3.8, 4) is 11.1 Å². The predicted octanol–water partition coefficient (Wildman–Crippen LogP) is 5.15. The summed E-state index contributed by atoms with van der Waals surface area (Å²) in [6.07, 6.45) is 6.00. The van der Waals surface area contributed by atoms with Gasteiger partial charge in [0.2, 0.25) is 5.91 Å². The lowest BCUT2D eigenvalue weighted by atomic mass is 9.85. The summed E-state index contributed by atoms with van der Waals surface area (Å²) in [6.45, 7) is 1.21. The van der Waals surface area contributed by atoms with E-state index in [9.17, 15) is 4.79 Å². The van der Waals surface area contributed by atoms with Crippen LogP contribution in [0.2, 0.25) is 0 Å². The number of benzene rings is 3. The zero-order valence-corrected chi connectivity index (χ0v) is 17.3. The molecule has 1 heterocycles. The van der Waals surface area contributed by atoms with Crippen molar-refractivity contribution in [2.75, 3.05) is 6.54 Å². The molecule has 2 unspecified atom stereocenters. The first-order chi connectivity index (χ1) is 14.7. The summed E-state index contributed by atoms with van der Waals surface area (Å²) >= 11 is 0. The SMILES string of the molecule is NC(=O)c1cccc(-c2ccc3c(c2)CCC(N2CCCC2c2ccccc2)C3)c1. The van der Waals surface area contributed by atoms with Crippen molar-refractivity contribution in [3.05, 3.63) is 95.1 Å². The van der Waals surface area contributed by atoms with Gasteiger partial charge in [-0.1, -0.05) is 60.7 Å². The Kier molecular flexibility index (Phi) is 5.14. The van der Waals surface area contributed by atoms with Crippen LogP contribution in [0.4, 0.5) is 0 Å². The second-order valence-corrected chi connectivity index (χ2v) is 8.63. The molecule has 3 nitrogen and oxygen atoms in total. The molecule has 1 amide bonds. The topological polar surface area (TPSA) is 46.3 Å². The molecular weight excluding hydrogens is 368 g/mol. The highest BCUT2D eigenvalue weighted by Crippen LogP contribution is 2.38. The fourth-order valence-corrected chi connectivity index (χ4v) is 5.31. The average Bonchev–Trinajstić information content (AvgIpc) is 3.29. The lowest BCUT2D eigenvalue weighted by molar-refractivity contribution is 0.100. The highest BCUT2D eigenvalue weighted by atomic mass is 16.1. The van der Waals surface area contributed by atoms with Gasteiger partial charge in [-0.15, -0.1) is 0 Å². The second-order valence-electron chi connectivity index (χ2n) is 8.63. The zero-order chi connectivity index (χ0) is 20.5. The second kappa shape index (κ2) is 8.08. The Morgan fingerprint density at radius 3 is 2.53 bits per heavy atom. The number of carbonyl (C=O) groups is 1. The largest absolute Gasteiger partial charge is 0.366 e. The molecule has 1 aliphatic carbocycles. The van der Waals surface area contributed by atoms with Crippen molar-refractivity contribution in [1.82, 2.24) is 4.90 Å². The summed E-state index contributed by atoms with van der Waals surface area (Å²) in [5.74, 6) is -0.378. The van der Waals surface area contributed by atoms with Crippen molar-refractivity contribution in [3.63, 3.8) is 0 Å². The van der Waals surface area contributed by atoms with Gasteiger partial charge >= 0.3 is 0 Å². The van der Waals surface area contributed by atoms with Gasteiger partial charge < -0.3 is 5.73 Å². The molecule has 3 aromatic rings. The first kappa shape index (κ1) is 19.1. The summed E-state index contributed by atoms with van der Waals surface area (Å²) in [5, 5.41) is 0. The van der Waals surface area contributed by atoms with Gasteiger partial charge in [-0.05, 0) is 78.6 Å². The van der Waals surface area contributed by atoms with Crippen LogP contribution in [0.5, 0.6) is 0 Å². The van der Waals surface area contributed by atoms with Gasteiger partial charge in [-0.3, -0.25) is 9.69 Å². The molecule has 0 radical (unpaired) electrons. The van der Waals surface area contributed by atoms with E-state index in [1.807, 2.05) is 12.1 Å². The average molecular weight is 397 g/mol. The molecule has 0 aromatic heterocycles. The van der Waals surface area contributed by atoms with Crippen LogP contribution in [-0.4, -0.2) is 23.4 Å². The molecule has 1 fully saturated rings. The zero-order valence-electron chi connectivity index (χ0n) is 17.3. The Balaban J connectivity index is 1.36. The molecule has 2 atom stereocenters. The van der Waals surface area contributed by atoms with Gasteiger partial charge in [0, 0.05) is 17.6 Å². The number of nitrogens with two attached hydrogens (primary N) is 1. The maximum Gasteiger partial charge on any atom is 0.248 e. The van der Waals surface area contributed by atoms with Gasteiger partial charge in [-0.2, -0.15) is 0 Å². The van der Waals surface area contributed by atoms with Gasteiger partial charge in [0.25, 0.3) is 0 Å². The quantitative estimate of drug-likeness (QED) is 0.663. The van der Waals surface area contributed by atoms with Crippen molar-refractivity contribution >= 4 is 5.91 Å². The highest BCUT2D eigenvalue weighted by molar-refractivity contribution is 5.94. The first-order valence-electron chi connectivity index (χ1n) is 11.0. The molecule has 30 heavy (non-hydrogen) atoms. The fraction of sp³-hybridized carbons (Fsp3) is 0.296. The van der Waals surface area contributed by atoms with Gasteiger partial charge in [-0.25, -0.2) is 0 Å². The molecular formula is C27H28N2O. The van der Waals surface area contributed by atoms with Crippen LogP contribution in [0.3, 0.4) is 0 Å². The fourth-order valence-electron chi connectivity index (χ4n) is 5.31. The molecule has 1 saturated heterocycles. The summed E-state index contributed by atoms with van der Waals surface area (Å²) in [4.78, 5) is 14.3. The maximum absolute atomic E-state index is 11.5. The molecule has 0 saturated carbocycles. The normalized spacial score (nSPS) is 21.3. The van der Waals surface area contributed by atoms with Crippen LogP contribution in [0.1, 0.15) is 52.4 Å². The van der Waals surface area contributed by atoms with E-state index in [2.05, 4.69) is 59.5 Å². The third-order valence-electron chi connectivity index (χ3n) is 6.84. The molecule has 3 heteroatoms. The first-order valence-corrected chi connectivity index (χ1v) is 11.0. The van der Waals surface area contributed by atoms with E-state index < -0.39 is 0 Å². The van der Waals surface area contributed by atoms with E-state index in [1.165, 1.54) is 48.1 Å². The van der Waals surface area contributed by atoms with Crippen molar-refractivity contribution < 1.29 is 4.79 Å². The van der Waals surface area contributed by atoms with Gasteiger partial charge in [0.15, 0.2) is 0 Å². The van der Waals surface area contributed by atoms with Crippen LogP contribution in [0.25, 0.3) is 11.1 Å². The maximum atomic E-state index is 11.5. The van der Waals surface area contributed by atoms with Crippen LogP contribution >= 0.6 is 0 Å². The predicted molar refractivity (Wildman–Crippen MR) is 121 cm³/mol.